The molecular weight excluding hydrogens is 215 g/mol. The summed E-state index contributed by atoms with van der Waals surface area (Å²) in [5.74, 6) is 1.86. The molecule has 0 aromatic heterocycles. The van der Waals surface area contributed by atoms with E-state index in [1.165, 1.54) is 25.0 Å². The summed E-state index contributed by atoms with van der Waals surface area (Å²) in [6.07, 6.45) is 4.63. The van der Waals surface area contributed by atoms with Crippen molar-refractivity contribution in [3.63, 3.8) is 0 Å². The van der Waals surface area contributed by atoms with Crippen LogP contribution in [0.2, 0.25) is 0 Å². The van der Waals surface area contributed by atoms with Gasteiger partial charge >= 0.3 is 0 Å². The molecular formula is C15H21FO. The lowest BCUT2D eigenvalue weighted by Crippen LogP contribution is -2.05. The first kappa shape index (κ1) is 12.4. The molecule has 1 unspecified atom stereocenters. The Hall–Kier alpha value is -1.05. The summed E-state index contributed by atoms with van der Waals surface area (Å²) in [5, 5.41) is 0. The van der Waals surface area contributed by atoms with Crippen LogP contribution in [-0.4, -0.2) is 6.61 Å². The number of benzene rings is 1. The van der Waals surface area contributed by atoms with Crippen LogP contribution < -0.4 is 4.74 Å². The highest BCUT2D eigenvalue weighted by atomic mass is 19.1. The first-order valence-electron chi connectivity index (χ1n) is 6.60. The van der Waals surface area contributed by atoms with Crippen molar-refractivity contribution in [1.82, 2.24) is 0 Å². The summed E-state index contributed by atoms with van der Waals surface area (Å²) in [5.41, 5.74) is 1.14. The number of hydrogen-bond donors (Lipinski definition) is 0. The fourth-order valence-electron chi connectivity index (χ4n) is 1.84. The van der Waals surface area contributed by atoms with E-state index in [1.807, 2.05) is 6.07 Å². The molecule has 1 aromatic rings. The molecule has 1 saturated carbocycles. The number of rotatable bonds is 6. The predicted octanol–water partition coefficient (Wildman–Crippen LogP) is 4.20. The minimum absolute atomic E-state index is 0.205. The summed E-state index contributed by atoms with van der Waals surface area (Å²) in [7, 11) is 0. The van der Waals surface area contributed by atoms with Gasteiger partial charge in [-0.15, -0.1) is 0 Å². The summed E-state index contributed by atoms with van der Waals surface area (Å²) >= 11 is 0. The first-order chi connectivity index (χ1) is 8.19. The van der Waals surface area contributed by atoms with Crippen molar-refractivity contribution in [1.29, 1.82) is 0 Å². The average Bonchev–Trinajstić information content (AvgIpc) is 3.13. The van der Waals surface area contributed by atoms with Crippen LogP contribution in [0.25, 0.3) is 0 Å². The zero-order chi connectivity index (χ0) is 12.3. The summed E-state index contributed by atoms with van der Waals surface area (Å²) < 4.78 is 19.0. The van der Waals surface area contributed by atoms with E-state index in [0.29, 0.717) is 11.8 Å². The Kier molecular flexibility index (Phi) is 4.03. The fraction of sp³-hybridized carbons (Fsp3) is 0.600. The van der Waals surface area contributed by atoms with Gasteiger partial charge < -0.3 is 4.74 Å². The molecule has 0 N–H and O–H groups in total. The monoisotopic (exact) mass is 236 g/mol. The molecule has 0 radical (unpaired) electrons. The van der Waals surface area contributed by atoms with E-state index in [0.717, 1.165) is 30.8 Å². The van der Waals surface area contributed by atoms with Gasteiger partial charge in [0.05, 0.1) is 6.61 Å². The Balaban J connectivity index is 2.05. The maximum atomic E-state index is 13.2. The molecule has 0 spiro atoms. The molecule has 1 atom stereocenters. The van der Waals surface area contributed by atoms with Gasteiger partial charge in [0, 0.05) is 6.07 Å². The lowest BCUT2D eigenvalue weighted by atomic mass is 9.98. The van der Waals surface area contributed by atoms with Gasteiger partial charge in [-0.3, -0.25) is 0 Å². The summed E-state index contributed by atoms with van der Waals surface area (Å²) in [6.45, 7) is 5.14. The van der Waals surface area contributed by atoms with Crippen LogP contribution in [0.4, 0.5) is 4.39 Å². The molecule has 0 amide bonds. The topological polar surface area (TPSA) is 9.23 Å². The molecule has 0 aliphatic heterocycles. The fourth-order valence-corrected chi connectivity index (χ4v) is 1.84. The lowest BCUT2D eigenvalue weighted by Gasteiger charge is -2.14. The van der Waals surface area contributed by atoms with Crippen molar-refractivity contribution in [3.05, 3.63) is 29.6 Å². The average molecular weight is 236 g/mol. The molecule has 94 valence electrons. The van der Waals surface area contributed by atoms with Gasteiger partial charge in [-0.05, 0) is 42.7 Å². The Morgan fingerprint density at radius 1 is 1.41 bits per heavy atom. The Morgan fingerprint density at radius 2 is 2.18 bits per heavy atom. The minimum atomic E-state index is -0.205. The van der Waals surface area contributed by atoms with Crippen LogP contribution in [0.1, 0.15) is 38.7 Å². The van der Waals surface area contributed by atoms with Gasteiger partial charge in [-0.25, -0.2) is 4.39 Å². The third-order valence-electron chi connectivity index (χ3n) is 3.47. The van der Waals surface area contributed by atoms with Crippen molar-refractivity contribution in [2.75, 3.05) is 6.61 Å². The van der Waals surface area contributed by atoms with Crippen molar-refractivity contribution in [3.8, 4) is 5.75 Å². The van der Waals surface area contributed by atoms with Gasteiger partial charge in [0.15, 0.2) is 0 Å². The highest BCUT2D eigenvalue weighted by molar-refractivity contribution is 5.34. The summed E-state index contributed by atoms with van der Waals surface area (Å²) in [6, 6.07) is 4.92. The van der Waals surface area contributed by atoms with E-state index in [9.17, 15) is 4.39 Å². The molecule has 1 nitrogen and oxygen atoms in total. The standard InChI is InChI=1S/C15H21FO/c1-3-11(2)8-13-6-7-14(16)9-15(13)17-10-12-4-5-12/h6-7,9,11-12H,3-5,8,10H2,1-2H3. The largest absolute Gasteiger partial charge is 0.493 e. The third kappa shape index (κ3) is 3.72. The van der Waals surface area contributed by atoms with Crippen molar-refractivity contribution in [2.45, 2.75) is 39.5 Å². The Bertz CT molecular complexity index is 371. The maximum absolute atomic E-state index is 13.2. The Labute approximate surface area is 103 Å². The molecule has 2 heteroatoms. The van der Waals surface area contributed by atoms with E-state index in [1.54, 1.807) is 0 Å². The first-order valence-corrected chi connectivity index (χ1v) is 6.60. The third-order valence-corrected chi connectivity index (χ3v) is 3.47. The van der Waals surface area contributed by atoms with Gasteiger partial charge in [0.2, 0.25) is 0 Å². The highest BCUT2D eigenvalue weighted by Gasteiger charge is 2.22. The number of halogens is 1. The molecule has 1 aliphatic rings. The zero-order valence-corrected chi connectivity index (χ0v) is 10.7. The predicted molar refractivity (Wildman–Crippen MR) is 67.8 cm³/mol. The van der Waals surface area contributed by atoms with E-state index >= 15 is 0 Å². The van der Waals surface area contributed by atoms with Crippen LogP contribution in [0.15, 0.2) is 18.2 Å². The van der Waals surface area contributed by atoms with Gasteiger partial charge in [-0.1, -0.05) is 26.3 Å². The van der Waals surface area contributed by atoms with Crippen LogP contribution >= 0.6 is 0 Å². The summed E-state index contributed by atoms with van der Waals surface area (Å²) in [4.78, 5) is 0. The SMILES string of the molecule is CCC(C)Cc1ccc(F)cc1OCC1CC1. The number of ether oxygens (including phenoxy) is 1. The van der Waals surface area contributed by atoms with Gasteiger partial charge in [-0.2, -0.15) is 0 Å². The maximum Gasteiger partial charge on any atom is 0.126 e. The second-order valence-corrected chi connectivity index (χ2v) is 5.22. The van der Waals surface area contributed by atoms with Crippen LogP contribution in [0, 0.1) is 17.7 Å². The van der Waals surface area contributed by atoms with E-state index < -0.39 is 0 Å². The molecule has 0 bridgehead atoms. The molecule has 17 heavy (non-hydrogen) atoms. The smallest absolute Gasteiger partial charge is 0.126 e. The van der Waals surface area contributed by atoms with Crippen molar-refractivity contribution >= 4 is 0 Å². The lowest BCUT2D eigenvalue weighted by molar-refractivity contribution is 0.294. The molecule has 0 saturated heterocycles. The van der Waals surface area contributed by atoms with Crippen molar-refractivity contribution < 1.29 is 9.13 Å². The Morgan fingerprint density at radius 3 is 2.82 bits per heavy atom. The molecule has 1 aromatic carbocycles. The second kappa shape index (κ2) is 5.52. The quantitative estimate of drug-likeness (QED) is 0.719. The minimum Gasteiger partial charge on any atom is -0.493 e. The van der Waals surface area contributed by atoms with E-state index in [2.05, 4.69) is 13.8 Å². The number of hydrogen-bond acceptors (Lipinski definition) is 1. The second-order valence-electron chi connectivity index (χ2n) is 5.22. The van der Waals surface area contributed by atoms with Gasteiger partial charge in [0.1, 0.15) is 11.6 Å². The normalized spacial score (nSPS) is 16.9. The molecule has 1 fully saturated rings. The highest BCUT2D eigenvalue weighted by Crippen LogP contribution is 2.31. The van der Waals surface area contributed by atoms with E-state index in [4.69, 9.17) is 4.74 Å². The van der Waals surface area contributed by atoms with Gasteiger partial charge in [0.25, 0.3) is 0 Å². The zero-order valence-electron chi connectivity index (χ0n) is 10.7. The molecule has 0 heterocycles. The van der Waals surface area contributed by atoms with Crippen LogP contribution in [-0.2, 0) is 6.42 Å². The molecule has 1 aliphatic carbocycles. The van der Waals surface area contributed by atoms with Crippen molar-refractivity contribution in [2.24, 2.45) is 11.8 Å². The van der Waals surface area contributed by atoms with Crippen LogP contribution in [0.3, 0.4) is 0 Å². The molecule has 2 rings (SSSR count). The van der Waals surface area contributed by atoms with Crippen LogP contribution in [0.5, 0.6) is 5.75 Å². The van der Waals surface area contributed by atoms with E-state index in [-0.39, 0.29) is 5.82 Å².